The van der Waals surface area contributed by atoms with Crippen molar-refractivity contribution in [3.63, 3.8) is 0 Å². The summed E-state index contributed by atoms with van der Waals surface area (Å²) in [5, 5.41) is 0. The first-order valence-electron chi connectivity index (χ1n) is 15.3. The summed E-state index contributed by atoms with van der Waals surface area (Å²) in [5.74, 6) is 1.90. The van der Waals surface area contributed by atoms with Gasteiger partial charge in [0.15, 0.2) is 0 Å². The third-order valence-electron chi connectivity index (χ3n) is 10.3. The van der Waals surface area contributed by atoms with E-state index in [9.17, 15) is 4.79 Å². The van der Waals surface area contributed by atoms with Crippen molar-refractivity contribution in [1.82, 2.24) is 0 Å². The molecule has 4 unspecified atom stereocenters. The number of carbonyl (C=O) groups is 1. The van der Waals surface area contributed by atoms with Crippen LogP contribution in [0.5, 0.6) is 0 Å². The van der Waals surface area contributed by atoms with Crippen LogP contribution in [0, 0.1) is 28.6 Å². The van der Waals surface area contributed by atoms with Crippen molar-refractivity contribution in [3.8, 4) is 0 Å². The summed E-state index contributed by atoms with van der Waals surface area (Å²) in [7, 11) is 0. The van der Waals surface area contributed by atoms with E-state index in [0.29, 0.717) is 17.8 Å². The molecule has 0 amide bonds. The van der Waals surface area contributed by atoms with Crippen molar-refractivity contribution in [2.75, 3.05) is 0 Å². The summed E-state index contributed by atoms with van der Waals surface area (Å²) in [4.78, 5) is 14.3. The van der Waals surface area contributed by atoms with Gasteiger partial charge in [-0.2, -0.15) is 0 Å². The molecule has 0 aliphatic heterocycles. The Balaban J connectivity index is 1.89. The van der Waals surface area contributed by atoms with Crippen LogP contribution in [0.15, 0.2) is 23.3 Å². The molecule has 4 atom stereocenters. The van der Waals surface area contributed by atoms with Gasteiger partial charge in [0.2, 0.25) is 0 Å². The first kappa shape index (κ1) is 29.3. The SMILES string of the molecule is CCC[CH2][Sn]([CH2]CCC)([CH2]CCC)[O]C(=O)C1(C)CCCC2(C)C3CCC(C(C)C)=CC3=CCC12. The molecule has 1 saturated carbocycles. The second-order valence-electron chi connectivity index (χ2n) is 13.1. The molecule has 0 N–H and O–H groups in total. The van der Waals surface area contributed by atoms with Crippen LogP contribution in [-0.2, 0) is 7.87 Å². The van der Waals surface area contributed by atoms with Crippen LogP contribution in [-0.4, -0.2) is 24.8 Å². The monoisotopic (exact) mass is 592 g/mol. The molecule has 3 aliphatic carbocycles. The quantitative estimate of drug-likeness (QED) is 0.211. The molecule has 0 aromatic rings. The van der Waals surface area contributed by atoms with E-state index in [2.05, 4.69) is 60.6 Å². The summed E-state index contributed by atoms with van der Waals surface area (Å²) in [6.07, 6.45) is 19.4. The van der Waals surface area contributed by atoms with Crippen molar-refractivity contribution in [3.05, 3.63) is 23.3 Å². The van der Waals surface area contributed by atoms with Crippen molar-refractivity contribution < 1.29 is 7.87 Å². The topological polar surface area (TPSA) is 26.3 Å². The van der Waals surface area contributed by atoms with Gasteiger partial charge in [-0.05, 0) is 0 Å². The molecule has 0 spiro atoms. The first-order chi connectivity index (χ1) is 16.7. The molecule has 0 aromatic heterocycles. The zero-order chi connectivity index (χ0) is 25.7. The van der Waals surface area contributed by atoms with E-state index in [4.69, 9.17) is 3.07 Å². The van der Waals surface area contributed by atoms with E-state index >= 15 is 0 Å². The van der Waals surface area contributed by atoms with E-state index in [1.54, 1.807) is 11.1 Å². The van der Waals surface area contributed by atoms with E-state index in [1.165, 1.54) is 77.5 Å². The van der Waals surface area contributed by atoms with Crippen molar-refractivity contribution in [2.24, 2.45) is 28.6 Å². The summed E-state index contributed by atoms with van der Waals surface area (Å²) < 4.78 is 10.7. The second-order valence-corrected chi connectivity index (χ2v) is 24.7. The summed E-state index contributed by atoms with van der Waals surface area (Å²) in [6, 6.07) is 0. The minimum absolute atomic E-state index is 0.221. The number of hydrogen-bond acceptors (Lipinski definition) is 2. The van der Waals surface area contributed by atoms with Gasteiger partial charge in [-0.1, -0.05) is 0 Å². The maximum absolute atomic E-state index is 14.3. The predicted octanol–water partition coefficient (Wildman–Crippen LogP) is 10.0. The Bertz CT molecular complexity index is 759. The second kappa shape index (κ2) is 12.5. The van der Waals surface area contributed by atoms with Crippen molar-refractivity contribution >= 4 is 24.8 Å². The predicted molar refractivity (Wildman–Crippen MR) is 153 cm³/mol. The van der Waals surface area contributed by atoms with Gasteiger partial charge in [0.1, 0.15) is 0 Å². The Kier molecular flexibility index (Phi) is 10.5. The molecule has 0 aromatic carbocycles. The van der Waals surface area contributed by atoms with Gasteiger partial charge in [-0.3, -0.25) is 0 Å². The molecule has 0 heterocycles. The molecule has 3 aliphatic rings. The van der Waals surface area contributed by atoms with Gasteiger partial charge in [0, 0.05) is 0 Å². The molecule has 0 saturated heterocycles. The number of allylic oxidation sites excluding steroid dienone is 4. The Labute approximate surface area is 222 Å². The average molecular weight is 592 g/mol. The fourth-order valence-electron chi connectivity index (χ4n) is 7.93. The van der Waals surface area contributed by atoms with E-state index < -0.39 is 18.8 Å². The van der Waals surface area contributed by atoms with E-state index in [1.807, 2.05) is 0 Å². The number of fused-ring (bicyclic) bond motifs is 3. The molecule has 3 rings (SSSR count). The minimum atomic E-state index is -2.99. The maximum atomic E-state index is 14.3. The standard InChI is InChI=1S/C20H30O2.3C4H9.Sn/c1-13(2)14-6-8-16-15(12-14)7-9-17-19(16,3)10-5-11-20(17,4)18(21)22;3*1-3-4-2;/h7,12-13,16-17H,5-6,8-11H2,1-4H3,(H,21,22);3*1,3-4H2,2H3;/q;;;;+1/p-1. The zero-order valence-corrected chi connectivity index (χ0v) is 27.2. The molecular weight excluding hydrogens is 535 g/mol. The van der Waals surface area contributed by atoms with Crippen LogP contribution < -0.4 is 0 Å². The molecule has 3 heteroatoms. The number of carbonyl (C=O) groups excluding carboxylic acids is 1. The van der Waals surface area contributed by atoms with Crippen LogP contribution >= 0.6 is 0 Å². The Morgan fingerprint density at radius 1 is 1.03 bits per heavy atom. The Morgan fingerprint density at radius 3 is 2.17 bits per heavy atom. The molecule has 0 bridgehead atoms. The van der Waals surface area contributed by atoms with Gasteiger partial charge in [-0.25, -0.2) is 0 Å². The fraction of sp³-hybridized carbons (Fsp3) is 0.844. The molecule has 0 radical (unpaired) electrons. The zero-order valence-electron chi connectivity index (χ0n) is 24.3. The normalized spacial score (nSPS) is 30.9. The van der Waals surface area contributed by atoms with E-state index in [0.717, 1.165) is 12.8 Å². The Hall–Kier alpha value is -0.251. The van der Waals surface area contributed by atoms with Crippen LogP contribution in [0.3, 0.4) is 0 Å². The fourth-order valence-corrected chi connectivity index (χ4v) is 21.3. The molecule has 1 fully saturated rings. The van der Waals surface area contributed by atoms with Crippen LogP contribution in [0.2, 0.25) is 13.3 Å². The van der Waals surface area contributed by atoms with E-state index in [-0.39, 0.29) is 16.8 Å². The summed E-state index contributed by atoms with van der Waals surface area (Å²) in [6.45, 7) is 16.4. The van der Waals surface area contributed by atoms with Crippen LogP contribution in [0.1, 0.15) is 126 Å². The Morgan fingerprint density at radius 2 is 1.63 bits per heavy atom. The van der Waals surface area contributed by atoms with Gasteiger partial charge in [0.25, 0.3) is 0 Å². The third kappa shape index (κ3) is 6.25. The number of hydrogen-bond donors (Lipinski definition) is 0. The average Bonchev–Trinajstić information content (AvgIpc) is 2.84. The molecule has 200 valence electrons. The van der Waals surface area contributed by atoms with Crippen molar-refractivity contribution in [2.45, 2.75) is 139 Å². The van der Waals surface area contributed by atoms with Gasteiger partial charge < -0.3 is 0 Å². The number of unbranched alkanes of at least 4 members (excludes halogenated alkanes) is 3. The number of rotatable bonds is 12. The van der Waals surface area contributed by atoms with Crippen LogP contribution in [0.4, 0.5) is 0 Å². The summed E-state index contributed by atoms with van der Waals surface area (Å²) in [5.41, 5.74) is 3.11. The summed E-state index contributed by atoms with van der Waals surface area (Å²) >= 11 is -2.99. The van der Waals surface area contributed by atoms with Crippen molar-refractivity contribution in [1.29, 1.82) is 0 Å². The van der Waals surface area contributed by atoms with Crippen LogP contribution in [0.25, 0.3) is 0 Å². The first-order valence-corrected chi connectivity index (χ1v) is 22.5. The van der Waals surface area contributed by atoms with Gasteiger partial charge in [-0.15, -0.1) is 0 Å². The third-order valence-corrected chi connectivity index (χ3v) is 22.9. The van der Waals surface area contributed by atoms with Gasteiger partial charge >= 0.3 is 223 Å². The molecule has 2 nitrogen and oxygen atoms in total. The van der Waals surface area contributed by atoms with Gasteiger partial charge in [0.05, 0.1) is 0 Å². The molecule has 35 heavy (non-hydrogen) atoms. The molecular formula is C32H56O2Sn.